The third kappa shape index (κ3) is 4.41. The van der Waals surface area contributed by atoms with Crippen LogP contribution in [0.4, 0.5) is 0 Å². The quantitative estimate of drug-likeness (QED) is 0.798. The molecule has 1 unspecified atom stereocenters. The molecule has 2 amide bonds. The molecule has 0 bridgehead atoms. The Kier molecular flexibility index (Phi) is 5.66. The summed E-state index contributed by atoms with van der Waals surface area (Å²) in [5.41, 5.74) is 1.21. The van der Waals surface area contributed by atoms with E-state index < -0.39 is 23.8 Å². The zero-order valence-electron chi connectivity index (χ0n) is 14.7. The van der Waals surface area contributed by atoms with Crippen molar-refractivity contribution >= 4 is 23.9 Å². The molecular formula is C21H20N2O4. The number of carboxylic acid groups (broad SMARTS) is 1. The Balaban J connectivity index is 1.90. The number of amides is 2. The van der Waals surface area contributed by atoms with Crippen molar-refractivity contribution in [3.63, 3.8) is 0 Å². The molecule has 1 heterocycles. The maximum Gasteiger partial charge on any atom is 0.326 e. The van der Waals surface area contributed by atoms with Crippen molar-refractivity contribution in [1.82, 2.24) is 10.2 Å². The van der Waals surface area contributed by atoms with Crippen molar-refractivity contribution < 1.29 is 19.5 Å². The zero-order valence-corrected chi connectivity index (χ0v) is 14.7. The first-order chi connectivity index (χ1) is 13.1. The minimum absolute atomic E-state index is 0.0585. The monoisotopic (exact) mass is 364 g/mol. The fourth-order valence-corrected chi connectivity index (χ4v) is 3.07. The van der Waals surface area contributed by atoms with Gasteiger partial charge in [0.25, 0.3) is 11.8 Å². The van der Waals surface area contributed by atoms with Crippen molar-refractivity contribution in [2.75, 3.05) is 6.54 Å². The van der Waals surface area contributed by atoms with Crippen molar-refractivity contribution in [3.05, 3.63) is 77.5 Å². The molecule has 0 spiro atoms. The molecule has 0 radical (unpaired) electrons. The second-order valence-electron chi connectivity index (χ2n) is 6.28. The molecule has 0 aromatic heterocycles. The van der Waals surface area contributed by atoms with E-state index in [1.807, 2.05) is 18.2 Å². The molecule has 3 rings (SSSR count). The largest absolute Gasteiger partial charge is 0.480 e. The first kappa shape index (κ1) is 18.4. The fraction of sp³-hybridized carbons (Fsp3) is 0.190. The molecule has 27 heavy (non-hydrogen) atoms. The number of aliphatic carboxylic acids is 1. The molecule has 1 saturated heterocycles. The average Bonchev–Trinajstić information content (AvgIpc) is 3.18. The van der Waals surface area contributed by atoms with E-state index in [0.29, 0.717) is 24.9 Å². The van der Waals surface area contributed by atoms with Crippen LogP contribution in [0.1, 0.15) is 28.8 Å². The Bertz CT molecular complexity index is 862. The number of likely N-dealkylation sites (tertiary alicyclic amines) is 1. The van der Waals surface area contributed by atoms with Gasteiger partial charge in [0.2, 0.25) is 0 Å². The number of hydrogen-bond donors (Lipinski definition) is 2. The van der Waals surface area contributed by atoms with Gasteiger partial charge in [-0.15, -0.1) is 0 Å². The van der Waals surface area contributed by atoms with Gasteiger partial charge in [0.05, 0.1) is 0 Å². The van der Waals surface area contributed by atoms with Crippen LogP contribution in [0.5, 0.6) is 0 Å². The summed E-state index contributed by atoms with van der Waals surface area (Å²) < 4.78 is 0. The summed E-state index contributed by atoms with van der Waals surface area (Å²) in [4.78, 5) is 38.3. The summed E-state index contributed by atoms with van der Waals surface area (Å²) >= 11 is 0. The van der Waals surface area contributed by atoms with Gasteiger partial charge in [-0.1, -0.05) is 48.5 Å². The molecule has 0 aliphatic carbocycles. The SMILES string of the molecule is O=C(NC(=Cc1ccccc1)C(=O)N1CCCC1C(=O)O)c1ccccc1. The highest BCUT2D eigenvalue weighted by Gasteiger charge is 2.35. The smallest absolute Gasteiger partial charge is 0.326 e. The Morgan fingerprint density at radius 3 is 2.26 bits per heavy atom. The number of carbonyl (C=O) groups excluding carboxylic acids is 2. The Morgan fingerprint density at radius 1 is 1.00 bits per heavy atom. The molecular weight excluding hydrogens is 344 g/mol. The molecule has 1 fully saturated rings. The number of nitrogens with zero attached hydrogens (tertiary/aromatic N) is 1. The summed E-state index contributed by atoms with van der Waals surface area (Å²) in [5, 5.41) is 12.0. The van der Waals surface area contributed by atoms with E-state index in [1.54, 1.807) is 48.5 Å². The minimum Gasteiger partial charge on any atom is -0.480 e. The van der Waals surface area contributed by atoms with E-state index in [4.69, 9.17) is 0 Å². The van der Waals surface area contributed by atoms with Crippen LogP contribution in [-0.4, -0.2) is 40.4 Å². The number of benzene rings is 2. The molecule has 0 saturated carbocycles. The van der Waals surface area contributed by atoms with Crippen LogP contribution in [0, 0.1) is 0 Å². The number of carbonyl (C=O) groups is 3. The predicted molar refractivity (Wildman–Crippen MR) is 101 cm³/mol. The molecule has 2 N–H and O–H groups in total. The lowest BCUT2D eigenvalue weighted by molar-refractivity contribution is -0.146. The van der Waals surface area contributed by atoms with E-state index in [2.05, 4.69) is 5.32 Å². The highest BCUT2D eigenvalue weighted by molar-refractivity contribution is 6.06. The lowest BCUT2D eigenvalue weighted by Crippen LogP contribution is -2.44. The van der Waals surface area contributed by atoms with Crippen molar-refractivity contribution in [2.45, 2.75) is 18.9 Å². The number of carboxylic acids is 1. The molecule has 1 aliphatic rings. The van der Waals surface area contributed by atoms with Crippen LogP contribution in [0.15, 0.2) is 66.4 Å². The molecule has 6 heteroatoms. The lowest BCUT2D eigenvalue weighted by Gasteiger charge is -2.23. The second-order valence-corrected chi connectivity index (χ2v) is 6.28. The first-order valence-electron chi connectivity index (χ1n) is 8.73. The van der Waals surface area contributed by atoms with Gasteiger partial charge in [0.15, 0.2) is 0 Å². The Morgan fingerprint density at radius 2 is 1.63 bits per heavy atom. The van der Waals surface area contributed by atoms with E-state index in [9.17, 15) is 19.5 Å². The predicted octanol–water partition coefficient (Wildman–Crippen LogP) is 2.53. The summed E-state index contributed by atoms with van der Waals surface area (Å²) in [5.74, 6) is -1.94. The minimum atomic E-state index is -1.03. The maximum atomic E-state index is 13.0. The Labute approximate surface area is 157 Å². The standard InChI is InChI=1S/C21H20N2O4/c24-19(16-10-5-2-6-11-16)22-17(14-15-8-3-1-4-9-15)20(25)23-13-7-12-18(23)21(26)27/h1-6,8-11,14,18H,7,12-13H2,(H,22,24)(H,26,27). The third-order valence-corrected chi connectivity index (χ3v) is 4.42. The topological polar surface area (TPSA) is 86.7 Å². The van der Waals surface area contributed by atoms with Gasteiger partial charge in [-0.3, -0.25) is 9.59 Å². The van der Waals surface area contributed by atoms with Gasteiger partial charge in [0, 0.05) is 12.1 Å². The van der Waals surface area contributed by atoms with E-state index in [0.717, 1.165) is 5.56 Å². The van der Waals surface area contributed by atoms with Crippen LogP contribution >= 0.6 is 0 Å². The lowest BCUT2D eigenvalue weighted by atomic mass is 10.1. The van der Waals surface area contributed by atoms with Crippen LogP contribution in [-0.2, 0) is 9.59 Å². The zero-order chi connectivity index (χ0) is 19.2. The summed E-state index contributed by atoms with van der Waals surface area (Å²) in [6, 6.07) is 16.8. The summed E-state index contributed by atoms with van der Waals surface area (Å²) in [6.07, 6.45) is 2.60. The highest BCUT2D eigenvalue weighted by atomic mass is 16.4. The van der Waals surface area contributed by atoms with Crippen LogP contribution in [0.3, 0.4) is 0 Å². The van der Waals surface area contributed by atoms with Gasteiger partial charge < -0.3 is 15.3 Å². The number of nitrogens with one attached hydrogen (secondary N) is 1. The van der Waals surface area contributed by atoms with E-state index in [1.165, 1.54) is 4.90 Å². The van der Waals surface area contributed by atoms with Gasteiger partial charge in [-0.05, 0) is 36.6 Å². The Hall–Kier alpha value is -3.41. The van der Waals surface area contributed by atoms with Crippen molar-refractivity contribution in [2.24, 2.45) is 0 Å². The van der Waals surface area contributed by atoms with Crippen LogP contribution in [0.2, 0.25) is 0 Å². The number of hydrogen-bond acceptors (Lipinski definition) is 3. The van der Waals surface area contributed by atoms with Crippen LogP contribution < -0.4 is 5.32 Å². The maximum absolute atomic E-state index is 13.0. The molecule has 2 aromatic rings. The highest BCUT2D eigenvalue weighted by Crippen LogP contribution is 2.20. The average molecular weight is 364 g/mol. The first-order valence-corrected chi connectivity index (χ1v) is 8.73. The molecule has 6 nitrogen and oxygen atoms in total. The van der Waals surface area contributed by atoms with E-state index in [-0.39, 0.29) is 5.70 Å². The van der Waals surface area contributed by atoms with Crippen molar-refractivity contribution in [3.8, 4) is 0 Å². The molecule has 1 aliphatic heterocycles. The summed E-state index contributed by atoms with van der Waals surface area (Å²) in [7, 11) is 0. The van der Waals surface area contributed by atoms with Gasteiger partial charge in [0.1, 0.15) is 11.7 Å². The normalized spacial score (nSPS) is 16.8. The second kappa shape index (κ2) is 8.31. The van der Waals surface area contributed by atoms with Gasteiger partial charge in [-0.25, -0.2) is 4.79 Å². The van der Waals surface area contributed by atoms with Crippen LogP contribution in [0.25, 0.3) is 6.08 Å². The van der Waals surface area contributed by atoms with Crippen molar-refractivity contribution in [1.29, 1.82) is 0 Å². The third-order valence-electron chi connectivity index (χ3n) is 4.42. The summed E-state index contributed by atoms with van der Waals surface area (Å²) in [6.45, 7) is 0.350. The molecule has 2 aromatic carbocycles. The van der Waals surface area contributed by atoms with E-state index >= 15 is 0 Å². The molecule has 1 atom stereocenters. The molecule has 138 valence electrons. The van der Waals surface area contributed by atoms with Gasteiger partial charge >= 0.3 is 5.97 Å². The fourth-order valence-electron chi connectivity index (χ4n) is 3.07. The van der Waals surface area contributed by atoms with Gasteiger partial charge in [-0.2, -0.15) is 0 Å². The number of rotatable bonds is 5.